The highest BCUT2D eigenvalue weighted by atomic mass is 35.5. The summed E-state index contributed by atoms with van der Waals surface area (Å²) in [5.41, 5.74) is 0.401. The van der Waals surface area contributed by atoms with Gasteiger partial charge < -0.3 is 10.6 Å². The number of pyridine rings is 1. The summed E-state index contributed by atoms with van der Waals surface area (Å²) in [6, 6.07) is 3.51. The molecule has 2 N–H and O–H groups in total. The van der Waals surface area contributed by atoms with Crippen LogP contribution in [0.25, 0.3) is 0 Å². The molecule has 2 aromatic rings. The molecule has 0 aliphatic carbocycles. The molecule has 0 aliphatic heterocycles. The molecule has 0 saturated heterocycles. The molecule has 7 heteroatoms. The van der Waals surface area contributed by atoms with Crippen molar-refractivity contribution >= 4 is 29.1 Å². The third-order valence-electron chi connectivity index (χ3n) is 2.85. The van der Waals surface area contributed by atoms with Gasteiger partial charge in [0.05, 0.1) is 16.8 Å². The highest BCUT2D eigenvalue weighted by Crippen LogP contribution is 2.21. The van der Waals surface area contributed by atoms with Crippen molar-refractivity contribution in [3.63, 3.8) is 0 Å². The first-order valence-corrected chi connectivity index (χ1v) is 7.15. The monoisotopic (exact) mass is 307 g/mol. The molecule has 2 heterocycles. The molecule has 1 amide bonds. The lowest BCUT2D eigenvalue weighted by atomic mass is 10.2. The summed E-state index contributed by atoms with van der Waals surface area (Å²) in [5.74, 6) is 0.944. The maximum absolute atomic E-state index is 12.2. The summed E-state index contributed by atoms with van der Waals surface area (Å²) < 4.78 is 1.74. The SMILES string of the molecule is CCNc1ncc(C(=O)Nc2ccnn2C(C)C)cc1Cl. The largest absolute Gasteiger partial charge is 0.369 e. The van der Waals surface area contributed by atoms with Gasteiger partial charge in [-0.05, 0) is 26.8 Å². The van der Waals surface area contributed by atoms with Crippen molar-refractivity contribution in [1.82, 2.24) is 14.8 Å². The normalized spacial score (nSPS) is 10.7. The predicted octanol–water partition coefficient (Wildman–Crippen LogP) is 3.20. The molecule has 0 radical (unpaired) electrons. The molecule has 6 nitrogen and oxygen atoms in total. The van der Waals surface area contributed by atoms with Crippen LogP contribution in [0.15, 0.2) is 24.5 Å². The van der Waals surface area contributed by atoms with Crippen molar-refractivity contribution in [2.45, 2.75) is 26.8 Å². The molecule has 0 spiro atoms. The highest BCUT2D eigenvalue weighted by molar-refractivity contribution is 6.33. The van der Waals surface area contributed by atoms with Crippen molar-refractivity contribution in [3.8, 4) is 0 Å². The molecule has 0 atom stereocenters. The van der Waals surface area contributed by atoms with Gasteiger partial charge in [-0.25, -0.2) is 9.67 Å². The number of hydrogen-bond donors (Lipinski definition) is 2. The van der Waals surface area contributed by atoms with Gasteiger partial charge in [-0.15, -0.1) is 0 Å². The van der Waals surface area contributed by atoms with Gasteiger partial charge in [0, 0.05) is 24.8 Å². The number of aromatic nitrogens is 3. The maximum atomic E-state index is 12.2. The first kappa shape index (κ1) is 15.3. The van der Waals surface area contributed by atoms with E-state index in [0.29, 0.717) is 28.8 Å². The number of rotatable bonds is 5. The minimum absolute atomic E-state index is 0.160. The Balaban J connectivity index is 2.17. The van der Waals surface area contributed by atoms with Crippen LogP contribution in [0.3, 0.4) is 0 Å². The molecule has 0 unspecified atom stereocenters. The molecule has 0 saturated carbocycles. The van der Waals surface area contributed by atoms with E-state index in [1.165, 1.54) is 6.20 Å². The standard InChI is InChI=1S/C14H18ClN5O/c1-4-16-13-11(15)7-10(8-17-13)14(21)19-12-5-6-18-20(12)9(2)3/h5-9H,4H2,1-3H3,(H,16,17)(H,19,21). The number of nitrogens with one attached hydrogen (secondary N) is 2. The Morgan fingerprint density at radius 3 is 2.86 bits per heavy atom. The van der Waals surface area contributed by atoms with Crippen LogP contribution < -0.4 is 10.6 Å². The summed E-state index contributed by atoms with van der Waals surface area (Å²) >= 11 is 6.09. The van der Waals surface area contributed by atoms with E-state index in [-0.39, 0.29) is 11.9 Å². The summed E-state index contributed by atoms with van der Waals surface area (Å²) in [6.45, 7) is 6.65. The fourth-order valence-electron chi connectivity index (χ4n) is 1.87. The second-order valence-electron chi connectivity index (χ2n) is 4.79. The minimum atomic E-state index is -0.269. The van der Waals surface area contributed by atoms with Crippen LogP contribution in [-0.2, 0) is 0 Å². The number of carbonyl (C=O) groups is 1. The van der Waals surface area contributed by atoms with Crippen LogP contribution in [0, 0.1) is 0 Å². The summed E-state index contributed by atoms with van der Waals surface area (Å²) in [4.78, 5) is 16.4. The van der Waals surface area contributed by atoms with Crippen molar-refractivity contribution in [2.24, 2.45) is 0 Å². The molecule has 112 valence electrons. The average molecular weight is 308 g/mol. The van der Waals surface area contributed by atoms with E-state index < -0.39 is 0 Å². The third-order valence-corrected chi connectivity index (χ3v) is 3.14. The summed E-state index contributed by atoms with van der Waals surface area (Å²) in [7, 11) is 0. The molecule has 0 aromatic carbocycles. The molecular formula is C14H18ClN5O. The highest BCUT2D eigenvalue weighted by Gasteiger charge is 2.13. The van der Waals surface area contributed by atoms with Crippen molar-refractivity contribution in [3.05, 3.63) is 35.1 Å². The van der Waals surface area contributed by atoms with Crippen LogP contribution in [0.2, 0.25) is 5.02 Å². The zero-order chi connectivity index (χ0) is 15.4. The first-order valence-electron chi connectivity index (χ1n) is 6.77. The van der Waals surface area contributed by atoms with Gasteiger partial charge in [0.15, 0.2) is 0 Å². The minimum Gasteiger partial charge on any atom is -0.369 e. The predicted molar refractivity (Wildman–Crippen MR) is 84.0 cm³/mol. The zero-order valence-electron chi connectivity index (χ0n) is 12.2. The lowest BCUT2D eigenvalue weighted by Gasteiger charge is -2.12. The number of nitrogens with zero attached hydrogens (tertiary/aromatic N) is 3. The Morgan fingerprint density at radius 2 is 2.24 bits per heavy atom. The third kappa shape index (κ3) is 3.52. The summed E-state index contributed by atoms with van der Waals surface area (Å²) in [6.07, 6.45) is 3.14. The number of amides is 1. The molecule has 0 bridgehead atoms. The molecule has 2 rings (SSSR count). The Morgan fingerprint density at radius 1 is 1.48 bits per heavy atom. The van der Waals surface area contributed by atoms with E-state index in [9.17, 15) is 4.79 Å². The van der Waals surface area contributed by atoms with Crippen molar-refractivity contribution in [1.29, 1.82) is 0 Å². The summed E-state index contributed by atoms with van der Waals surface area (Å²) in [5, 5.41) is 10.4. The molecule has 21 heavy (non-hydrogen) atoms. The van der Waals surface area contributed by atoms with E-state index in [0.717, 1.165) is 0 Å². The van der Waals surface area contributed by atoms with Gasteiger partial charge in [-0.2, -0.15) is 5.10 Å². The van der Waals surface area contributed by atoms with Gasteiger partial charge >= 0.3 is 0 Å². The van der Waals surface area contributed by atoms with Crippen molar-refractivity contribution in [2.75, 3.05) is 17.2 Å². The van der Waals surface area contributed by atoms with E-state index in [2.05, 4.69) is 20.7 Å². The Hall–Kier alpha value is -2.08. The molecule has 0 fully saturated rings. The molecular weight excluding hydrogens is 290 g/mol. The fourth-order valence-corrected chi connectivity index (χ4v) is 2.11. The van der Waals surface area contributed by atoms with Gasteiger partial charge in [0.25, 0.3) is 5.91 Å². The Kier molecular flexibility index (Phi) is 4.80. The van der Waals surface area contributed by atoms with E-state index in [1.54, 1.807) is 23.0 Å². The Bertz CT molecular complexity index is 638. The zero-order valence-corrected chi connectivity index (χ0v) is 13.0. The number of carbonyl (C=O) groups excluding carboxylic acids is 1. The molecule has 2 aromatic heterocycles. The maximum Gasteiger partial charge on any atom is 0.258 e. The van der Waals surface area contributed by atoms with Crippen LogP contribution in [0.5, 0.6) is 0 Å². The first-order chi connectivity index (χ1) is 10.0. The second kappa shape index (κ2) is 6.58. The van der Waals surface area contributed by atoms with Crippen LogP contribution in [-0.4, -0.2) is 27.2 Å². The number of anilines is 2. The van der Waals surface area contributed by atoms with Gasteiger partial charge in [-0.1, -0.05) is 11.6 Å². The van der Waals surface area contributed by atoms with Gasteiger partial charge in [-0.3, -0.25) is 4.79 Å². The van der Waals surface area contributed by atoms with E-state index in [1.807, 2.05) is 20.8 Å². The number of hydrogen-bond acceptors (Lipinski definition) is 4. The molecule has 0 aliphatic rings. The van der Waals surface area contributed by atoms with Gasteiger partial charge in [0.1, 0.15) is 11.6 Å². The van der Waals surface area contributed by atoms with Crippen LogP contribution in [0.4, 0.5) is 11.6 Å². The smallest absolute Gasteiger partial charge is 0.258 e. The van der Waals surface area contributed by atoms with Crippen molar-refractivity contribution < 1.29 is 4.79 Å². The van der Waals surface area contributed by atoms with Crippen LogP contribution in [0.1, 0.15) is 37.2 Å². The van der Waals surface area contributed by atoms with Gasteiger partial charge in [0.2, 0.25) is 0 Å². The average Bonchev–Trinajstić information content (AvgIpc) is 2.89. The second-order valence-corrected chi connectivity index (χ2v) is 5.20. The van der Waals surface area contributed by atoms with Crippen LogP contribution >= 0.6 is 11.6 Å². The van der Waals surface area contributed by atoms with E-state index >= 15 is 0 Å². The lowest BCUT2D eigenvalue weighted by molar-refractivity contribution is 0.102. The number of halogens is 1. The fraction of sp³-hybridized carbons (Fsp3) is 0.357. The quantitative estimate of drug-likeness (QED) is 0.890. The Labute approximate surface area is 128 Å². The van der Waals surface area contributed by atoms with E-state index in [4.69, 9.17) is 11.6 Å². The lowest BCUT2D eigenvalue weighted by Crippen LogP contribution is -2.17. The topological polar surface area (TPSA) is 71.8 Å².